The molecule has 4 heteroatoms. The first-order valence-electron chi connectivity index (χ1n) is 7.19. The van der Waals surface area contributed by atoms with Gasteiger partial charge >= 0.3 is 0 Å². The lowest BCUT2D eigenvalue weighted by atomic mass is 9.90. The average Bonchev–Trinajstić information content (AvgIpc) is 2.37. The summed E-state index contributed by atoms with van der Waals surface area (Å²) in [5, 5.41) is 3.83. The Hall–Kier alpha value is -1.84. The fourth-order valence-electron chi connectivity index (χ4n) is 2.16. The Labute approximate surface area is 119 Å². The topological polar surface area (TPSA) is 57.8 Å². The molecule has 20 heavy (non-hydrogen) atoms. The number of rotatable bonds is 5. The van der Waals surface area contributed by atoms with Gasteiger partial charge in [0.1, 0.15) is 0 Å². The van der Waals surface area contributed by atoms with Crippen molar-refractivity contribution >= 4 is 16.9 Å². The molecular weight excluding hydrogens is 250 g/mol. The van der Waals surface area contributed by atoms with Gasteiger partial charge in [-0.3, -0.25) is 9.78 Å². The Balaban J connectivity index is 1.92. The second kappa shape index (κ2) is 6.07. The summed E-state index contributed by atoms with van der Waals surface area (Å²) in [6.45, 7) is 7.59. The molecule has 0 spiro atoms. The number of hydrogen-bond acceptors (Lipinski definition) is 3. The lowest BCUT2D eigenvalue weighted by Crippen LogP contribution is -2.14. The molecule has 108 valence electrons. The average molecular weight is 273 g/mol. The zero-order chi connectivity index (χ0) is 14.6. The van der Waals surface area contributed by atoms with Crippen LogP contribution in [0.25, 0.3) is 10.9 Å². The maximum atomic E-state index is 11.9. The van der Waals surface area contributed by atoms with Gasteiger partial charge in [0.05, 0.1) is 10.9 Å². The van der Waals surface area contributed by atoms with Gasteiger partial charge in [0.25, 0.3) is 5.56 Å². The zero-order valence-electron chi connectivity index (χ0n) is 12.5. The second-order valence-corrected chi connectivity index (χ2v) is 6.38. The summed E-state index contributed by atoms with van der Waals surface area (Å²) >= 11 is 0. The van der Waals surface area contributed by atoms with Crippen LogP contribution in [-0.2, 0) is 0 Å². The van der Waals surface area contributed by atoms with Crippen LogP contribution >= 0.6 is 0 Å². The molecule has 4 nitrogen and oxygen atoms in total. The molecule has 1 heterocycles. The van der Waals surface area contributed by atoms with Crippen molar-refractivity contribution in [1.82, 2.24) is 9.97 Å². The number of anilines is 1. The van der Waals surface area contributed by atoms with Gasteiger partial charge in [0, 0.05) is 6.54 Å². The quantitative estimate of drug-likeness (QED) is 0.819. The summed E-state index contributed by atoms with van der Waals surface area (Å²) in [5.41, 5.74) is 1.02. The lowest BCUT2D eigenvalue weighted by Gasteiger charge is -2.17. The molecule has 0 unspecified atom stereocenters. The summed E-state index contributed by atoms with van der Waals surface area (Å²) in [6.07, 6.45) is 3.46. The molecule has 0 aliphatic heterocycles. The fraction of sp³-hybridized carbons (Fsp3) is 0.500. The molecule has 0 aliphatic carbocycles. The first kappa shape index (κ1) is 14.6. The standard InChI is InChI=1S/C16H23N3O/c1-16(2,3)10-6-7-11-17-15-18-13-9-5-4-8-12(13)14(20)19-15/h4-5,8-9H,6-7,10-11H2,1-3H3,(H2,17,18,19,20). The number of para-hydroxylation sites is 1. The van der Waals surface area contributed by atoms with Crippen LogP contribution in [0.3, 0.4) is 0 Å². The lowest BCUT2D eigenvalue weighted by molar-refractivity contribution is 0.362. The Morgan fingerprint density at radius 1 is 1.20 bits per heavy atom. The molecule has 1 aromatic heterocycles. The first-order valence-corrected chi connectivity index (χ1v) is 7.19. The van der Waals surface area contributed by atoms with Crippen LogP contribution in [0, 0.1) is 5.41 Å². The van der Waals surface area contributed by atoms with E-state index in [0.29, 0.717) is 16.7 Å². The van der Waals surface area contributed by atoms with Crippen LogP contribution in [0.2, 0.25) is 0 Å². The first-order chi connectivity index (χ1) is 9.46. The summed E-state index contributed by atoms with van der Waals surface area (Å²) in [4.78, 5) is 19.1. The number of hydrogen-bond donors (Lipinski definition) is 2. The minimum atomic E-state index is -0.0900. The minimum Gasteiger partial charge on any atom is -0.356 e. The third-order valence-corrected chi connectivity index (χ3v) is 3.26. The van der Waals surface area contributed by atoms with Crippen molar-refractivity contribution < 1.29 is 0 Å². The van der Waals surface area contributed by atoms with Gasteiger partial charge in [-0.2, -0.15) is 0 Å². The predicted octanol–water partition coefficient (Wildman–Crippen LogP) is 3.55. The molecule has 0 fully saturated rings. The van der Waals surface area contributed by atoms with Crippen molar-refractivity contribution in [2.24, 2.45) is 5.41 Å². The highest BCUT2D eigenvalue weighted by molar-refractivity contribution is 5.78. The SMILES string of the molecule is CC(C)(C)CCCCNc1nc2ccccc2c(=O)[nH]1. The van der Waals surface area contributed by atoms with Gasteiger partial charge in [-0.1, -0.05) is 39.3 Å². The van der Waals surface area contributed by atoms with Gasteiger partial charge in [0.2, 0.25) is 5.95 Å². The molecule has 0 saturated heterocycles. The van der Waals surface area contributed by atoms with E-state index in [1.54, 1.807) is 6.07 Å². The number of benzene rings is 1. The Morgan fingerprint density at radius 3 is 2.70 bits per heavy atom. The molecule has 0 radical (unpaired) electrons. The molecular formula is C16H23N3O. The van der Waals surface area contributed by atoms with Gasteiger partial charge < -0.3 is 5.32 Å². The third-order valence-electron chi connectivity index (χ3n) is 3.26. The summed E-state index contributed by atoms with van der Waals surface area (Å²) < 4.78 is 0. The van der Waals surface area contributed by atoms with Crippen molar-refractivity contribution in [3.05, 3.63) is 34.6 Å². The smallest absolute Gasteiger partial charge is 0.260 e. The van der Waals surface area contributed by atoms with Gasteiger partial charge in [-0.25, -0.2) is 4.98 Å². The van der Waals surface area contributed by atoms with Crippen molar-refractivity contribution in [2.45, 2.75) is 40.0 Å². The van der Waals surface area contributed by atoms with E-state index in [-0.39, 0.29) is 5.56 Å². The molecule has 2 rings (SSSR count). The molecule has 1 aromatic carbocycles. The number of nitrogens with zero attached hydrogens (tertiary/aromatic N) is 1. The normalized spacial score (nSPS) is 11.8. The van der Waals surface area contributed by atoms with E-state index in [0.717, 1.165) is 18.5 Å². The van der Waals surface area contributed by atoms with Crippen LogP contribution < -0.4 is 10.9 Å². The van der Waals surface area contributed by atoms with Crippen LogP contribution in [0.5, 0.6) is 0 Å². The van der Waals surface area contributed by atoms with Crippen molar-refractivity contribution in [2.75, 3.05) is 11.9 Å². The van der Waals surface area contributed by atoms with E-state index in [9.17, 15) is 4.79 Å². The molecule has 0 saturated carbocycles. The van der Waals surface area contributed by atoms with E-state index in [2.05, 4.69) is 36.1 Å². The number of aromatic nitrogens is 2. The molecule has 0 aliphatic rings. The van der Waals surface area contributed by atoms with Crippen LogP contribution in [0.15, 0.2) is 29.1 Å². The van der Waals surface area contributed by atoms with E-state index in [1.807, 2.05) is 18.2 Å². The van der Waals surface area contributed by atoms with E-state index < -0.39 is 0 Å². The summed E-state index contributed by atoms with van der Waals surface area (Å²) in [5.74, 6) is 0.560. The third kappa shape index (κ3) is 4.08. The van der Waals surface area contributed by atoms with Crippen LogP contribution in [0.4, 0.5) is 5.95 Å². The zero-order valence-corrected chi connectivity index (χ0v) is 12.5. The van der Waals surface area contributed by atoms with Crippen LogP contribution in [0.1, 0.15) is 40.0 Å². The Kier molecular flexibility index (Phi) is 4.42. The number of nitrogens with one attached hydrogen (secondary N) is 2. The number of aromatic amines is 1. The van der Waals surface area contributed by atoms with E-state index in [4.69, 9.17) is 0 Å². The molecule has 0 amide bonds. The Morgan fingerprint density at radius 2 is 1.95 bits per heavy atom. The predicted molar refractivity (Wildman–Crippen MR) is 84.2 cm³/mol. The van der Waals surface area contributed by atoms with Gasteiger partial charge in [-0.15, -0.1) is 0 Å². The highest BCUT2D eigenvalue weighted by Gasteiger charge is 2.09. The number of unbranched alkanes of at least 4 members (excludes halogenated alkanes) is 1. The number of H-pyrrole nitrogens is 1. The highest BCUT2D eigenvalue weighted by Crippen LogP contribution is 2.21. The minimum absolute atomic E-state index is 0.0900. The largest absolute Gasteiger partial charge is 0.356 e. The monoisotopic (exact) mass is 273 g/mol. The summed E-state index contributed by atoms with van der Waals surface area (Å²) in [6, 6.07) is 7.38. The van der Waals surface area contributed by atoms with Crippen molar-refractivity contribution in [1.29, 1.82) is 0 Å². The molecule has 0 bridgehead atoms. The molecule has 2 aromatic rings. The molecule has 0 atom stereocenters. The maximum Gasteiger partial charge on any atom is 0.260 e. The van der Waals surface area contributed by atoms with Gasteiger partial charge in [0.15, 0.2) is 0 Å². The second-order valence-electron chi connectivity index (χ2n) is 6.38. The van der Waals surface area contributed by atoms with Crippen LogP contribution in [-0.4, -0.2) is 16.5 Å². The van der Waals surface area contributed by atoms with E-state index >= 15 is 0 Å². The maximum absolute atomic E-state index is 11.9. The van der Waals surface area contributed by atoms with Gasteiger partial charge in [-0.05, 0) is 30.4 Å². The van der Waals surface area contributed by atoms with E-state index in [1.165, 1.54) is 12.8 Å². The van der Waals surface area contributed by atoms with Crippen molar-refractivity contribution in [3.63, 3.8) is 0 Å². The highest BCUT2D eigenvalue weighted by atomic mass is 16.1. The summed E-state index contributed by atoms with van der Waals surface area (Å²) in [7, 11) is 0. The Bertz CT molecular complexity index is 625. The number of fused-ring (bicyclic) bond motifs is 1. The van der Waals surface area contributed by atoms with Crippen molar-refractivity contribution in [3.8, 4) is 0 Å². The molecule has 2 N–H and O–H groups in total. The fourth-order valence-corrected chi connectivity index (χ4v) is 2.16.